The van der Waals surface area contributed by atoms with Gasteiger partial charge in [0.1, 0.15) is 5.82 Å². The molecule has 0 radical (unpaired) electrons. The molecule has 0 saturated heterocycles. The molecule has 3 rings (SSSR count). The Morgan fingerprint density at radius 2 is 1.76 bits per heavy atom. The highest BCUT2D eigenvalue weighted by molar-refractivity contribution is 7.14. The second-order valence-corrected chi connectivity index (χ2v) is 6.97. The van der Waals surface area contributed by atoms with Crippen molar-refractivity contribution in [2.24, 2.45) is 0 Å². The van der Waals surface area contributed by atoms with Gasteiger partial charge in [0.25, 0.3) is 5.91 Å². The smallest absolute Gasteiger partial charge is 0.251 e. The predicted octanol–water partition coefficient (Wildman–Crippen LogP) is 5.03. The van der Waals surface area contributed by atoms with Crippen molar-refractivity contribution >= 4 is 45.7 Å². The standard InChI is InChI=1S/C22H20FN3O2S/c1-3-25(19-12-9-17(23)10-13-19)21(28)14-11-18-15-29-22(24-18)26(16(2)27)20-7-5-4-6-8-20/h4-15H,3H2,1-2H3/b14-11+. The first-order chi connectivity index (χ1) is 14.0. The van der Waals surface area contributed by atoms with Crippen LogP contribution >= 0.6 is 11.3 Å². The number of nitrogens with zero attached hydrogens (tertiary/aromatic N) is 3. The van der Waals surface area contributed by atoms with E-state index in [2.05, 4.69) is 4.98 Å². The molecule has 29 heavy (non-hydrogen) atoms. The summed E-state index contributed by atoms with van der Waals surface area (Å²) in [6.07, 6.45) is 3.03. The molecule has 1 heterocycles. The maximum Gasteiger partial charge on any atom is 0.251 e. The molecule has 3 aromatic rings. The van der Waals surface area contributed by atoms with Gasteiger partial charge in [-0.25, -0.2) is 9.37 Å². The first-order valence-electron chi connectivity index (χ1n) is 9.06. The van der Waals surface area contributed by atoms with Crippen molar-refractivity contribution in [3.05, 3.63) is 77.6 Å². The summed E-state index contributed by atoms with van der Waals surface area (Å²) in [7, 11) is 0. The van der Waals surface area contributed by atoms with E-state index >= 15 is 0 Å². The molecule has 0 aliphatic rings. The minimum Gasteiger partial charge on any atom is -0.309 e. The van der Waals surface area contributed by atoms with Crippen LogP contribution < -0.4 is 9.80 Å². The van der Waals surface area contributed by atoms with Crippen LogP contribution in [0.15, 0.2) is 66.1 Å². The van der Waals surface area contributed by atoms with Crippen molar-refractivity contribution in [3.63, 3.8) is 0 Å². The first-order valence-corrected chi connectivity index (χ1v) is 9.94. The van der Waals surface area contributed by atoms with E-state index in [1.807, 2.05) is 37.3 Å². The van der Waals surface area contributed by atoms with Crippen LogP contribution in [0.2, 0.25) is 0 Å². The van der Waals surface area contributed by atoms with Gasteiger partial charge in [0, 0.05) is 30.6 Å². The Labute approximate surface area is 172 Å². The molecule has 148 valence electrons. The number of halogens is 1. The lowest BCUT2D eigenvalue weighted by atomic mass is 10.2. The van der Waals surface area contributed by atoms with Gasteiger partial charge in [-0.3, -0.25) is 14.5 Å². The second-order valence-electron chi connectivity index (χ2n) is 6.14. The van der Waals surface area contributed by atoms with Gasteiger partial charge < -0.3 is 4.90 Å². The molecule has 0 bridgehead atoms. The van der Waals surface area contributed by atoms with Crippen LogP contribution in [0.5, 0.6) is 0 Å². The molecule has 0 fully saturated rings. The number of carbonyl (C=O) groups is 2. The molecule has 5 nitrogen and oxygen atoms in total. The van der Waals surface area contributed by atoms with Gasteiger partial charge in [-0.05, 0) is 49.4 Å². The normalized spacial score (nSPS) is 10.9. The number of carbonyl (C=O) groups excluding carboxylic acids is 2. The topological polar surface area (TPSA) is 53.5 Å². The second kappa shape index (κ2) is 9.25. The maximum absolute atomic E-state index is 13.1. The van der Waals surface area contributed by atoms with E-state index in [9.17, 15) is 14.0 Å². The molecule has 0 spiro atoms. The molecular weight excluding hydrogens is 389 g/mol. The van der Waals surface area contributed by atoms with Crippen molar-refractivity contribution in [1.29, 1.82) is 0 Å². The van der Waals surface area contributed by atoms with Gasteiger partial charge in [0.2, 0.25) is 5.91 Å². The lowest BCUT2D eigenvalue weighted by molar-refractivity contribution is -0.116. The van der Waals surface area contributed by atoms with Crippen molar-refractivity contribution in [3.8, 4) is 0 Å². The molecule has 2 amide bonds. The minimum atomic E-state index is -0.351. The van der Waals surface area contributed by atoms with Gasteiger partial charge in [-0.2, -0.15) is 0 Å². The van der Waals surface area contributed by atoms with Crippen LogP contribution in [-0.4, -0.2) is 23.3 Å². The van der Waals surface area contributed by atoms with Crippen LogP contribution in [-0.2, 0) is 9.59 Å². The van der Waals surface area contributed by atoms with E-state index in [1.165, 1.54) is 46.3 Å². The number of hydrogen-bond acceptors (Lipinski definition) is 4. The van der Waals surface area contributed by atoms with Gasteiger partial charge in [-0.15, -0.1) is 11.3 Å². The quantitative estimate of drug-likeness (QED) is 0.537. The van der Waals surface area contributed by atoms with E-state index < -0.39 is 0 Å². The van der Waals surface area contributed by atoms with Crippen LogP contribution in [0.3, 0.4) is 0 Å². The van der Waals surface area contributed by atoms with Crippen LogP contribution in [0, 0.1) is 5.82 Å². The number of hydrogen-bond donors (Lipinski definition) is 0. The zero-order valence-corrected chi connectivity index (χ0v) is 16.9. The first kappa shape index (κ1) is 20.4. The molecule has 0 saturated carbocycles. The molecule has 0 aliphatic carbocycles. The number of aromatic nitrogens is 1. The summed E-state index contributed by atoms with van der Waals surface area (Å²) >= 11 is 1.32. The Balaban J connectivity index is 1.77. The number of likely N-dealkylation sites (N-methyl/N-ethyl adjacent to an activating group) is 1. The van der Waals surface area contributed by atoms with Gasteiger partial charge in [-0.1, -0.05) is 18.2 Å². The fourth-order valence-corrected chi connectivity index (χ4v) is 3.65. The van der Waals surface area contributed by atoms with E-state index in [0.717, 1.165) is 5.69 Å². The molecule has 2 aromatic carbocycles. The highest BCUT2D eigenvalue weighted by atomic mass is 32.1. The lowest BCUT2D eigenvalue weighted by Gasteiger charge is -2.19. The predicted molar refractivity (Wildman–Crippen MR) is 115 cm³/mol. The fraction of sp³-hybridized carbons (Fsp3) is 0.136. The Kier molecular flexibility index (Phi) is 6.51. The summed E-state index contributed by atoms with van der Waals surface area (Å²) in [5.41, 5.74) is 1.93. The number of amides is 2. The number of benzene rings is 2. The number of rotatable bonds is 6. The molecule has 0 N–H and O–H groups in total. The highest BCUT2D eigenvalue weighted by Crippen LogP contribution is 2.29. The van der Waals surface area contributed by atoms with E-state index in [1.54, 1.807) is 23.6 Å². The van der Waals surface area contributed by atoms with Gasteiger partial charge >= 0.3 is 0 Å². The maximum atomic E-state index is 13.1. The Morgan fingerprint density at radius 1 is 1.07 bits per heavy atom. The Hall–Kier alpha value is -3.32. The zero-order valence-electron chi connectivity index (χ0n) is 16.1. The average molecular weight is 409 g/mol. The van der Waals surface area contributed by atoms with Gasteiger partial charge in [0.15, 0.2) is 5.13 Å². The average Bonchev–Trinajstić information content (AvgIpc) is 3.17. The Bertz CT molecular complexity index is 1020. The summed E-state index contributed by atoms with van der Waals surface area (Å²) in [4.78, 5) is 32.2. The summed E-state index contributed by atoms with van der Waals surface area (Å²) in [6.45, 7) is 3.78. The van der Waals surface area contributed by atoms with Crippen LogP contribution in [0.25, 0.3) is 6.08 Å². The van der Waals surface area contributed by atoms with Crippen molar-refractivity contribution < 1.29 is 14.0 Å². The molecule has 0 unspecified atom stereocenters. The monoisotopic (exact) mass is 409 g/mol. The largest absolute Gasteiger partial charge is 0.309 e. The number of thiazole rings is 1. The molecule has 0 atom stereocenters. The molecule has 7 heteroatoms. The number of para-hydroxylation sites is 1. The minimum absolute atomic E-state index is 0.148. The third-order valence-electron chi connectivity index (χ3n) is 4.15. The summed E-state index contributed by atoms with van der Waals surface area (Å²) in [5, 5.41) is 2.31. The number of anilines is 3. The summed E-state index contributed by atoms with van der Waals surface area (Å²) < 4.78 is 13.1. The van der Waals surface area contributed by atoms with Gasteiger partial charge in [0.05, 0.1) is 11.4 Å². The Morgan fingerprint density at radius 3 is 2.38 bits per heavy atom. The van der Waals surface area contributed by atoms with Crippen LogP contribution in [0.1, 0.15) is 19.5 Å². The molecule has 1 aromatic heterocycles. The van der Waals surface area contributed by atoms with E-state index in [0.29, 0.717) is 23.1 Å². The zero-order chi connectivity index (χ0) is 20.8. The van der Waals surface area contributed by atoms with Crippen molar-refractivity contribution in [1.82, 2.24) is 4.98 Å². The van der Waals surface area contributed by atoms with E-state index in [4.69, 9.17) is 0 Å². The lowest BCUT2D eigenvalue weighted by Crippen LogP contribution is -2.28. The summed E-state index contributed by atoms with van der Waals surface area (Å²) in [5.74, 6) is -0.734. The summed E-state index contributed by atoms with van der Waals surface area (Å²) in [6, 6.07) is 15.0. The molecular formula is C22H20FN3O2S. The van der Waals surface area contributed by atoms with Crippen molar-refractivity contribution in [2.45, 2.75) is 13.8 Å². The SMILES string of the molecule is CCN(C(=O)/C=C/c1csc(N(C(C)=O)c2ccccc2)n1)c1ccc(F)cc1. The third-order valence-corrected chi connectivity index (χ3v) is 4.99. The fourth-order valence-electron chi connectivity index (χ4n) is 2.79. The van der Waals surface area contributed by atoms with Crippen LogP contribution in [0.4, 0.5) is 20.9 Å². The third kappa shape index (κ3) is 4.94. The van der Waals surface area contributed by atoms with E-state index in [-0.39, 0.29) is 17.6 Å². The highest BCUT2D eigenvalue weighted by Gasteiger charge is 2.17. The molecule has 0 aliphatic heterocycles. The van der Waals surface area contributed by atoms with Crippen molar-refractivity contribution in [2.75, 3.05) is 16.3 Å².